The predicted octanol–water partition coefficient (Wildman–Crippen LogP) is 2.85. The molecule has 0 aliphatic carbocycles. The lowest BCUT2D eigenvalue weighted by Gasteiger charge is -2.15. The topological polar surface area (TPSA) is 50.7 Å². The highest BCUT2D eigenvalue weighted by Crippen LogP contribution is 2.24. The first-order valence-electron chi connectivity index (χ1n) is 6.43. The minimum atomic E-state index is -0.592. The fourth-order valence-electron chi connectivity index (χ4n) is 1.94. The van der Waals surface area contributed by atoms with Crippen molar-refractivity contribution < 1.29 is 14.6 Å². The molecule has 2 aromatic carbocycles. The van der Waals surface area contributed by atoms with Gasteiger partial charge in [-0.15, -0.1) is 0 Å². The second-order valence-corrected chi connectivity index (χ2v) is 4.37. The van der Waals surface area contributed by atoms with Crippen LogP contribution in [0.2, 0.25) is 0 Å². The van der Waals surface area contributed by atoms with Crippen molar-refractivity contribution in [1.82, 2.24) is 0 Å². The number of aliphatic hydroxyl groups is 1. The Morgan fingerprint density at radius 3 is 2.35 bits per heavy atom. The van der Waals surface area contributed by atoms with Gasteiger partial charge >= 0.3 is 0 Å². The van der Waals surface area contributed by atoms with Gasteiger partial charge in [-0.3, -0.25) is 0 Å². The van der Waals surface area contributed by atoms with E-state index in [0.29, 0.717) is 6.54 Å². The Labute approximate surface area is 119 Å². The number of anilines is 1. The van der Waals surface area contributed by atoms with E-state index in [9.17, 15) is 5.11 Å². The number of methoxy groups -OCH3 is 2. The Morgan fingerprint density at radius 2 is 1.70 bits per heavy atom. The van der Waals surface area contributed by atoms with Crippen LogP contribution in [0.3, 0.4) is 0 Å². The molecule has 0 aliphatic heterocycles. The second kappa shape index (κ2) is 6.82. The number of ether oxygens (including phenoxy) is 2. The first kappa shape index (κ1) is 14.2. The molecule has 106 valence electrons. The largest absolute Gasteiger partial charge is 0.497 e. The van der Waals surface area contributed by atoms with Gasteiger partial charge in [-0.25, -0.2) is 0 Å². The molecule has 2 rings (SSSR count). The molecular formula is C16H19NO3. The zero-order chi connectivity index (χ0) is 14.4. The van der Waals surface area contributed by atoms with Gasteiger partial charge in [0, 0.05) is 6.54 Å². The molecule has 2 aromatic rings. The lowest BCUT2D eigenvalue weighted by atomic mass is 10.1. The summed E-state index contributed by atoms with van der Waals surface area (Å²) in [4.78, 5) is 0. The lowest BCUT2D eigenvalue weighted by Crippen LogP contribution is -2.12. The highest BCUT2D eigenvalue weighted by molar-refractivity contribution is 5.56. The minimum absolute atomic E-state index is 0.409. The molecule has 1 unspecified atom stereocenters. The number of para-hydroxylation sites is 2. The number of rotatable bonds is 6. The molecule has 4 heteroatoms. The van der Waals surface area contributed by atoms with Gasteiger partial charge in [0.05, 0.1) is 26.0 Å². The van der Waals surface area contributed by atoms with Gasteiger partial charge in [0.25, 0.3) is 0 Å². The van der Waals surface area contributed by atoms with Gasteiger partial charge in [0.1, 0.15) is 11.5 Å². The fraction of sp³-hybridized carbons (Fsp3) is 0.250. The zero-order valence-corrected chi connectivity index (χ0v) is 11.7. The van der Waals surface area contributed by atoms with E-state index in [2.05, 4.69) is 5.32 Å². The van der Waals surface area contributed by atoms with Gasteiger partial charge in [-0.2, -0.15) is 0 Å². The van der Waals surface area contributed by atoms with Gasteiger partial charge in [-0.1, -0.05) is 24.3 Å². The van der Waals surface area contributed by atoms with Crippen molar-refractivity contribution in [2.24, 2.45) is 0 Å². The van der Waals surface area contributed by atoms with Gasteiger partial charge < -0.3 is 19.9 Å². The molecule has 0 aromatic heterocycles. The number of hydrogen-bond acceptors (Lipinski definition) is 4. The Bertz CT molecular complexity index is 540. The summed E-state index contributed by atoms with van der Waals surface area (Å²) in [7, 11) is 3.25. The maximum Gasteiger partial charge on any atom is 0.141 e. The maximum absolute atomic E-state index is 10.2. The van der Waals surface area contributed by atoms with Crippen LogP contribution in [-0.4, -0.2) is 25.9 Å². The maximum atomic E-state index is 10.2. The van der Waals surface area contributed by atoms with Crippen LogP contribution in [0.15, 0.2) is 48.5 Å². The molecule has 1 atom stereocenters. The van der Waals surface area contributed by atoms with Crippen molar-refractivity contribution in [3.05, 3.63) is 54.1 Å². The van der Waals surface area contributed by atoms with Crippen LogP contribution in [-0.2, 0) is 0 Å². The quantitative estimate of drug-likeness (QED) is 0.849. The number of benzene rings is 2. The summed E-state index contributed by atoms with van der Waals surface area (Å²) in [5.41, 5.74) is 1.70. The standard InChI is InChI=1S/C16H19NO3/c1-19-13-9-7-12(8-10-13)15(18)11-17-14-5-3-4-6-16(14)20-2/h3-10,15,17-18H,11H2,1-2H3. The third-order valence-electron chi connectivity index (χ3n) is 3.09. The van der Waals surface area contributed by atoms with Crippen molar-refractivity contribution >= 4 is 5.69 Å². The van der Waals surface area contributed by atoms with E-state index < -0.39 is 6.10 Å². The molecule has 2 N–H and O–H groups in total. The van der Waals surface area contributed by atoms with E-state index in [1.807, 2.05) is 48.5 Å². The zero-order valence-electron chi connectivity index (χ0n) is 11.7. The summed E-state index contributed by atoms with van der Waals surface area (Å²) in [5.74, 6) is 1.54. The van der Waals surface area contributed by atoms with Crippen LogP contribution in [0.1, 0.15) is 11.7 Å². The summed E-state index contributed by atoms with van der Waals surface area (Å²) in [6, 6.07) is 15.0. The average molecular weight is 273 g/mol. The van der Waals surface area contributed by atoms with E-state index in [0.717, 1.165) is 22.7 Å². The van der Waals surface area contributed by atoms with Crippen LogP contribution in [0.25, 0.3) is 0 Å². The molecule has 0 amide bonds. The minimum Gasteiger partial charge on any atom is -0.497 e. The van der Waals surface area contributed by atoms with Gasteiger partial charge in [0.15, 0.2) is 0 Å². The van der Waals surface area contributed by atoms with E-state index in [1.165, 1.54) is 0 Å². The lowest BCUT2D eigenvalue weighted by molar-refractivity contribution is 0.191. The van der Waals surface area contributed by atoms with Crippen LogP contribution >= 0.6 is 0 Å². The molecule has 20 heavy (non-hydrogen) atoms. The van der Waals surface area contributed by atoms with Crippen molar-refractivity contribution in [2.45, 2.75) is 6.10 Å². The highest BCUT2D eigenvalue weighted by Gasteiger charge is 2.09. The first-order valence-corrected chi connectivity index (χ1v) is 6.43. The predicted molar refractivity (Wildman–Crippen MR) is 79.4 cm³/mol. The summed E-state index contributed by atoms with van der Waals surface area (Å²) in [6.45, 7) is 0.409. The third-order valence-corrected chi connectivity index (χ3v) is 3.09. The summed E-state index contributed by atoms with van der Waals surface area (Å²) < 4.78 is 10.3. The van der Waals surface area contributed by atoms with E-state index >= 15 is 0 Å². The van der Waals surface area contributed by atoms with E-state index in [-0.39, 0.29) is 0 Å². The number of nitrogens with one attached hydrogen (secondary N) is 1. The highest BCUT2D eigenvalue weighted by atomic mass is 16.5. The molecular weight excluding hydrogens is 254 g/mol. The molecule has 0 bridgehead atoms. The molecule has 0 radical (unpaired) electrons. The molecule has 0 spiro atoms. The van der Waals surface area contributed by atoms with Crippen molar-refractivity contribution in [3.63, 3.8) is 0 Å². The van der Waals surface area contributed by atoms with Crippen LogP contribution in [0, 0.1) is 0 Å². The molecule has 0 aliphatic rings. The molecule has 0 saturated heterocycles. The summed E-state index contributed by atoms with van der Waals surface area (Å²) in [6.07, 6.45) is -0.592. The summed E-state index contributed by atoms with van der Waals surface area (Å²) in [5, 5.41) is 13.3. The van der Waals surface area contributed by atoms with Crippen LogP contribution in [0.5, 0.6) is 11.5 Å². The number of hydrogen-bond donors (Lipinski definition) is 2. The van der Waals surface area contributed by atoms with Gasteiger partial charge in [0.2, 0.25) is 0 Å². The normalized spacial score (nSPS) is 11.8. The van der Waals surface area contributed by atoms with Crippen LogP contribution in [0.4, 0.5) is 5.69 Å². The Morgan fingerprint density at radius 1 is 1.00 bits per heavy atom. The Hall–Kier alpha value is -2.20. The summed E-state index contributed by atoms with van der Waals surface area (Å²) >= 11 is 0. The van der Waals surface area contributed by atoms with E-state index in [4.69, 9.17) is 9.47 Å². The fourth-order valence-corrected chi connectivity index (χ4v) is 1.94. The van der Waals surface area contributed by atoms with Crippen molar-refractivity contribution in [2.75, 3.05) is 26.1 Å². The van der Waals surface area contributed by atoms with Crippen molar-refractivity contribution in [1.29, 1.82) is 0 Å². The molecule has 0 heterocycles. The number of aliphatic hydroxyl groups excluding tert-OH is 1. The Balaban J connectivity index is 1.98. The monoisotopic (exact) mass is 273 g/mol. The van der Waals surface area contributed by atoms with Gasteiger partial charge in [-0.05, 0) is 29.8 Å². The molecule has 0 fully saturated rings. The SMILES string of the molecule is COc1ccc(C(O)CNc2ccccc2OC)cc1. The van der Waals surface area contributed by atoms with Crippen LogP contribution < -0.4 is 14.8 Å². The van der Waals surface area contributed by atoms with E-state index in [1.54, 1.807) is 14.2 Å². The second-order valence-electron chi connectivity index (χ2n) is 4.37. The van der Waals surface area contributed by atoms with Crippen molar-refractivity contribution in [3.8, 4) is 11.5 Å². The first-order chi connectivity index (χ1) is 9.74. The smallest absolute Gasteiger partial charge is 0.141 e. The third kappa shape index (κ3) is 3.42. The Kier molecular flexibility index (Phi) is 4.85. The average Bonchev–Trinajstić information content (AvgIpc) is 2.53. The molecule has 0 saturated carbocycles. The molecule has 4 nitrogen and oxygen atoms in total.